The quantitative estimate of drug-likeness (QED) is 0.661. The number of anilines is 1. The lowest BCUT2D eigenvalue weighted by Gasteiger charge is -2.43. The Labute approximate surface area is 185 Å². The molecule has 2 aromatic carbocycles. The minimum absolute atomic E-state index is 0.0408. The van der Waals surface area contributed by atoms with E-state index < -0.39 is 0 Å². The van der Waals surface area contributed by atoms with Crippen molar-refractivity contribution in [3.8, 4) is 0 Å². The van der Waals surface area contributed by atoms with Gasteiger partial charge >= 0.3 is 0 Å². The zero-order valence-corrected chi connectivity index (χ0v) is 18.7. The number of hydrogen-bond acceptors (Lipinski definition) is 5. The maximum Gasteiger partial charge on any atom is 0.246 e. The minimum atomic E-state index is -0.0408. The molecule has 2 heterocycles. The molecule has 166 valence electrons. The Morgan fingerprint density at radius 3 is 2.71 bits per heavy atom. The molecule has 6 nitrogen and oxygen atoms in total. The van der Waals surface area contributed by atoms with Gasteiger partial charge in [-0.3, -0.25) is 9.69 Å². The van der Waals surface area contributed by atoms with Crippen LogP contribution in [0.3, 0.4) is 0 Å². The summed E-state index contributed by atoms with van der Waals surface area (Å²) in [5, 5.41) is 2.89. The van der Waals surface area contributed by atoms with Gasteiger partial charge in [0.25, 0.3) is 0 Å². The molecule has 1 amide bonds. The van der Waals surface area contributed by atoms with Gasteiger partial charge in [0.05, 0.1) is 12.6 Å². The maximum atomic E-state index is 11.9. The van der Waals surface area contributed by atoms with Crippen LogP contribution in [0.25, 0.3) is 0 Å². The number of para-hydroxylation sites is 1. The van der Waals surface area contributed by atoms with E-state index in [4.69, 9.17) is 4.74 Å². The number of nitrogens with one attached hydrogen (secondary N) is 1. The van der Waals surface area contributed by atoms with Crippen LogP contribution in [0.15, 0.2) is 48.5 Å². The number of piperazine rings is 1. The van der Waals surface area contributed by atoms with E-state index in [-0.39, 0.29) is 12.5 Å². The van der Waals surface area contributed by atoms with Crippen molar-refractivity contribution in [2.24, 2.45) is 0 Å². The van der Waals surface area contributed by atoms with Crippen LogP contribution in [0.4, 0.5) is 5.69 Å². The first-order valence-electron chi connectivity index (χ1n) is 11.3. The summed E-state index contributed by atoms with van der Waals surface area (Å²) in [4.78, 5) is 19.0. The number of hydrogen-bond donors (Lipinski definition) is 1. The topological polar surface area (TPSA) is 48.1 Å². The second-order valence-electron chi connectivity index (χ2n) is 8.72. The molecule has 1 fully saturated rings. The van der Waals surface area contributed by atoms with Crippen LogP contribution in [0.2, 0.25) is 0 Å². The zero-order chi connectivity index (χ0) is 21.6. The van der Waals surface area contributed by atoms with E-state index in [0.717, 1.165) is 39.1 Å². The number of ether oxygens (including phenoxy) is 1. The minimum Gasteiger partial charge on any atom is -0.370 e. The summed E-state index contributed by atoms with van der Waals surface area (Å²) in [6.45, 7) is 6.02. The molecule has 6 heteroatoms. The fraction of sp³-hybridized carbons (Fsp3) is 0.480. The van der Waals surface area contributed by atoms with E-state index in [0.29, 0.717) is 19.2 Å². The third-order valence-electron chi connectivity index (χ3n) is 6.23. The summed E-state index contributed by atoms with van der Waals surface area (Å²) >= 11 is 0. The molecule has 0 aliphatic carbocycles. The second kappa shape index (κ2) is 10.3. The molecule has 0 aromatic heterocycles. The molecule has 2 aliphatic rings. The highest BCUT2D eigenvalue weighted by Crippen LogP contribution is 2.38. The van der Waals surface area contributed by atoms with E-state index >= 15 is 0 Å². The maximum absolute atomic E-state index is 11.9. The van der Waals surface area contributed by atoms with Gasteiger partial charge in [0.2, 0.25) is 5.91 Å². The number of carbonyl (C=O) groups is 1. The number of likely N-dealkylation sites (N-methyl/N-ethyl adjacent to an activating group) is 1. The standard InChI is InChI=1S/C25H34N4O2/c1-27(2)12-11-26-25(30)19-31-16-15-28-13-14-29-23-10-6-4-8-21(23)17-20-7-3-5-9-22(20)24(29)18-28/h3-10,24H,11-19H2,1-2H3,(H,26,30). The molecule has 0 spiro atoms. The molecule has 2 aliphatic heterocycles. The first-order valence-corrected chi connectivity index (χ1v) is 11.3. The van der Waals surface area contributed by atoms with Crippen molar-refractivity contribution in [2.75, 3.05) is 71.5 Å². The predicted molar refractivity (Wildman–Crippen MR) is 125 cm³/mol. The van der Waals surface area contributed by atoms with E-state index in [1.54, 1.807) is 0 Å². The van der Waals surface area contributed by atoms with Crippen LogP contribution in [-0.4, -0.2) is 82.3 Å². The molecule has 1 N–H and O–H groups in total. The van der Waals surface area contributed by atoms with E-state index in [1.165, 1.54) is 22.4 Å². The first-order chi connectivity index (χ1) is 15.1. The van der Waals surface area contributed by atoms with E-state index in [9.17, 15) is 4.79 Å². The van der Waals surface area contributed by atoms with Gasteiger partial charge in [-0.1, -0.05) is 42.5 Å². The van der Waals surface area contributed by atoms with Gasteiger partial charge in [0.15, 0.2) is 0 Å². The lowest BCUT2D eigenvalue weighted by Crippen LogP contribution is -2.49. The van der Waals surface area contributed by atoms with Gasteiger partial charge in [-0.2, -0.15) is 0 Å². The van der Waals surface area contributed by atoms with Gasteiger partial charge in [0.1, 0.15) is 6.61 Å². The fourth-order valence-corrected chi connectivity index (χ4v) is 4.59. The van der Waals surface area contributed by atoms with Gasteiger partial charge in [-0.05, 0) is 43.3 Å². The summed E-state index contributed by atoms with van der Waals surface area (Å²) in [7, 11) is 3.99. The summed E-state index contributed by atoms with van der Waals surface area (Å²) in [5.74, 6) is -0.0408. The summed E-state index contributed by atoms with van der Waals surface area (Å²) in [6, 6.07) is 18.0. The number of fused-ring (bicyclic) bond motifs is 5. The van der Waals surface area contributed by atoms with Crippen LogP contribution >= 0.6 is 0 Å². The van der Waals surface area contributed by atoms with Crippen LogP contribution < -0.4 is 10.2 Å². The Kier molecular flexibility index (Phi) is 7.22. The average molecular weight is 423 g/mol. The number of nitrogens with zero attached hydrogens (tertiary/aromatic N) is 3. The van der Waals surface area contributed by atoms with Gasteiger partial charge in [0, 0.05) is 45.0 Å². The first kappa shape index (κ1) is 21.8. The second-order valence-corrected chi connectivity index (χ2v) is 8.72. The molecular formula is C25H34N4O2. The van der Waals surface area contributed by atoms with Crippen LogP contribution in [0.1, 0.15) is 22.7 Å². The van der Waals surface area contributed by atoms with Crippen molar-refractivity contribution in [1.29, 1.82) is 0 Å². The molecule has 1 atom stereocenters. The van der Waals surface area contributed by atoms with Crippen LogP contribution in [-0.2, 0) is 16.0 Å². The van der Waals surface area contributed by atoms with E-state index in [1.807, 2.05) is 19.0 Å². The lowest BCUT2D eigenvalue weighted by molar-refractivity contribution is -0.125. The van der Waals surface area contributed by atoms with Crippen molar-refractivity contribution < 1.29 is 9.53 Å². The normalized spacial score (nSPS) is 18.2. The van der Waals surface area contributed by atoms with Crippen molar-refractivity contribution in [3.63, 3.8) is 0 Å². The molecule has 1 unspecified atom stereocenters. The van der Waals surface area contributed by atoms with Gasteiger partial charge in [-0.15, -0.1) is 0 Å². The smallest absolute Gasteiger partial charge is 0.246 e. The van der Waals surface area contributed by atoms with Gasteiger partial charge in [-0.25, -0.2) is 0 Å². The fourth-order valence-electron chi connectivity index (χ4n) is 4.59. The molecule has 0 saturated carbocycles. The zero-order valence-electron chi connectivity index (χ0n) is 18.7. The number of amides is 1. The monoisotopic (exact) mass is 422 g/mol. The Balaban J connectivity index is 1.33. The SMILES string of the molecule is CN(C)CCNC(=O)COCCN1CCN2c3ccccc3Cc3ccccc3C2C1. The molecule has 1 saturated heterocycles. The van der Waals surface area contributed by atoms with Crippen molar-refractivity contribution in [2.45, 2.75) is 12.5 Å². The highest BCUT2D eigenvalue weighted by molar-refractivity contribution is 5.77. The third kappa shape index (κ3) is 5.45. The largest absolute Gasteiger partial charge is 0.370 e. The lowest BCUT2D eigenvalue weighted by atomic mass is 9.96. The van der Waals surface area contributed by atoms with E-state index in [2.05, 4.69) is 63.6 Å². The highest BCUT2D eigenvalue weighted by atomic mass is 16.5. The third-order valence-corrected chi connectivity index (χ3v) is 6.23. The molecule has 31 heavy (non-hydrogen) atoms. The van der Waals surface area contributed by atoms with Gasteiger partial charge < -0.3 is 19.9 Å². The Bertz CT molecular complexity index is 885. The number of carbonyl (C=O) groups excluding carboxylic acids is 1. The molecular weight excluding hydrogens is 388 g/mol. The highest BCUT2D eigenvalue weighted by Gasteiger charge is 2.32. The average Bonchev–Trinajstić information content (AvgIpc) is 2.91. The Morgan fingerprint density at radius 2 is 1.87 bits per heavy atom. The molecule has 2 aromatic rings. The summed E-state index contributed by atoms with van der Waals surface area (Å²) < 4.78 is 5.66. The molecule has 0 bridgehead atoms. The van der Waals surface area contributed by atoms with Crippen LogP contribution in [0, 0.1) is 0 Å². The predicted octanol–water partition coefficient (Wildman–Crippen LogP) is 2.15. The summed E-state index contributed by atoms with van der Waals surface area (Å²) in [5.41, 5.74) is 5.64. The number of benzene rings is 2. The molecule has 4 rings (SSSR count). The van der Waals surface area contributed by atoms with Crippen LogP contribution in [0.5, 0.6) is 0 Å². The molecule has 0 radical (unpaired) electrons. The van der Waals surface area contributed by atoms with Crippen molar-refractivity contribution in [3.05, 3.63) is 65.2 Å². The number of rotatable bonds is 8. The Hall–Kier alpha value is -2.41. The van der Waals surface area contributed by atoms with Crippen molar-refractivity contribution >= 4 is 11.6 Å². The summed E-state index contributed by atoms with van der Waals surface area (Å²) in [6.07, 6.45) is 0.991. The van der Waals surface area contributed by atoms with Crippen molar-refractivity contribution in [1.82, 2.24) is 15.1 Å². The Morgan fingerprint density at radius 1 is 1.10 bits per heavy atom.